The van der Waals surface area contributed by atoms with Gasteiger partial charge in [-0.15, -0.1) is 22.6 Å². The molecule has 4 N–H and O–H groups in total. The minimum Gasteiger partial charge on any atom is -0.494 e. The van der Waals surface area contributed by atoms with E-state index in [1.54, 1.807) is 25.2 Å². The molecule has 2 heterocycles. The van der Waals surface area contributed by atoms with Gasteiger partial charge in [0.25, 0.3) is 5.91 Å². The summed E-state index contributed by atoms with van der Waals surface area (Å²) >= 11 is 0. The molecule has 12 nitrogen and oxygen atoms in total. The molecule has 0 saturated heterocycles. The number of rotatable bonds is 9. The lowest BCUT2D eigenvalue weighted by Crippen LogP contribution is -2.22. The molecule has 180 valence electrons. The molecular weight excluding hydrogens is 464 g/mol. The van der Waals surface area contributed by atoms with Crippen LogP contribution >= 0.6 is 12.4 Å². The van der Waals surface area contributed by atoms with Gasteiger partial charge in [-0.25, -0.2) is 0 Å². The van der Waals surface area contributed by atoms with Crippen LogP contribution in [0.3, 0.4) is 0 Å². The Kier molecular flexibility index (Phi) is 6.67. The second-order valence-corrected chi connectivity index (χ2v) is 7.26. The number of hydrogen-bond donors (Lipinski definition) is 4. The highest BCUT2D eigenvalue weighted by Crippen LogP contribution is 2.37. The van der Waals surface area contributed by atoms with Gasteiger partial charge in [0.1, 0.15) is 0 Å². The van der Waals surface area contributed by atoms with Gasteiger partial charge in [0.2, 0.25) is 17.6 Å². The highest BCUT2D eigenvalue weighted by molar-refractivity contribution is 6.00. The van der Waals surface area contributed by atoms with Gasteiger partial charge in [0.05, 0.1) is 30.6 Å². The Hall–Kier alpha value is -3.77. The quantitative estimate of drug-likeness (QED) is 0.349. The molecule has 1 aromatic carbocycles. The molecule has 1 fully saturated rings. The fraction of sp³-hybridized carbons (Fsp3) is 0.333. The molecule has 34 heavy (non-hydrogen) atoms. The molecule has 4 rings (SSSR count). The zero-order valence-corrected chi connectivity index (χ0v) is 19.2. The van der Waals surface area contributed by atoms with E-state index in [9.17, 15) is 9.59 Å². The second-order valence-electron chi connectivity index (χ2n) is 7.26. The maximum absolute atomic E-state index is 12.7. The Morgan fingerprint density at radius 1 is 1.26 bits per heavy atom. The summed E-state index contributed by atoms with van der Waals surface area (Å²) in [6, 6.07) is 6.51. The molecule has 2 amide bonds. The standard InChI is InChI=1S/C21H24N8O4.ClH/c1-22-10-16-26-19(29-33-16)12-5-4-6-13(18(12)32-3)24-14-9-15(25-20(30)11-7-8-11)27-28-17(14)21(31)23-2;/h4-6,9,11,22H,7-8,10H2,1-3H3,(H,23,31)(H2,24,25,27,30);1H/i2D3;. The van der Waals surface area contributed by atoms with Gasteiger partial charge in [-0.05, 0) is 32.0 Å². The van der Waals surface area contributed by atoms with Crippen LogP contribution < -0.4 is 26.0 Å². The Bertz CT molecular complexity index is 1280. The van der Waals surface area contributed by atoms with Crippen LogP contribution in [0.4, 0.5) is 17.2 Å². The molecular formula is C21H25ClN8O4. The highest BCUT2D eigenvalue weighted by Gasteiger charge is 2.30. The van der Waals surface area contributed by atoms with E-state index in [4.69, 9.17) is 13.4 Å². The molecule has 0 aliphatic heterocycles. The third kappa shape index (κ3) is 5.41. The van der Waals surface area contributed by atoms with Crippen LogP contribution in [-0.2, 0) is 11.3 Å². The van der Waals surface area contributed by atoms with Crippen molar-refractivity contribution < 1.29 is 23.0 Å². The first-order valence-electron chi connectivity index (χ1n) is 11.6. The first-order chi connectivity index (χ1) is 17.2. The Morgan fingerprint density at radius 2 is 2.09 bits per heavy atom. The summed E-state index contributed by atoms with van der Waals surface area (Å²) in [7, 11) is 3.20. The minimum absolute atomic E-state index is 0. The minimum atomic E-state index is -2.74. The Labute approximate surface area is 205 Å². The van der Waals surface area contributed by atoms with Crippen LogP contribution in [0.1, 0.15) is 33.3 Å². The van der Waals surface area contributed by atoms with Gasteiger partial charge in [-0.1, -0.05) is 11.2 Å². The van der Waals surface area contributed by atoms with Crippen molar-refractivity contribution in [2.45, 2.75) is 19.4 Å². The average molecular weight is 492 g/mol. The van der Waals surface area contributed by atoms with E-state index < -0.39 is 12.9 Å². The summed E-state index contributed by atoms with van der Waals surface area (Å²) in [5.74, 6) is -0.167. The number of nitrogens with one attached hydrogen (secondary N) is 4. The first-order valence-corrected chi connectivity index (χ1v) is 10.1. The van der Waals surface area contributed by atoms with Gasteiger partial charge in [-0.3, -0.25) is 9.59 Å². The van der Waals surface area contributed by atoms with E-state index in [0.717, 1.165) is 12.8 Å². The summed E-state index contributed by atoms with van der Waals surface area (Å²) in [4.78, 5) is 29.2. The van der Waals surface area contributed by atoms with Crippen molar-refractivity contribution in [2.24, 2.45) is 5.92 Å². The highest BCUT2D eigenvalue weighted by atomic mass is 35.5. The molecule has 13 heteroatoms. The van der Waals surface area contributed by atoms with Crippen molar-refractivity contribution in [3.63, 3.8) is 0 Å². The lowest BCUT2D eigenvalue weighted by Gasteiger charge is -2.16. The van der Waals surface area contributed by atoms with Gasteiger partial charge < -0.3 is 30.5 Å². The third-order valence-corrected chi connectivity index (χ3v) is 4.85. The molecule has 0 atom stereocenters. The van der Waals surface area contributed by atoms with E-state index in [1.807, 2.05) is 5.32 Å². The summed E-state index contributed by atoms with van der Waals surface area (Å²) in [5.41, 5.74) is 0.702. The number of hydrogen-bond acceptors (Lipinski definition) is 10. The number of amides is 2. The number of methoxy groups -OCH3 is 1. The van der Waals surface area contributed by atoms with E-state index in [-0.39, 0.29) is 47.3 Å². The lowest BCUT2D eigenvalue weighted by molar-refractivity contribution is -0.117. The molecule has 1 aliphatic rings. The van der Waals surface area contributed by atoms with Crippen molar-refractivity contribution in [3.8, 4) is 17.1 Å². The number of benzene rings is 1. The lowest BCUT2D eigenvalue weighted by atomic mass is 10.1. The Balaban J connectivity index is 0.00000380. The molecule has 0 bridgehead atoms. The molecule has 2 aromatic heterocycles. The normalized spacial score (nSPS) is 14.1. The smallest absolute Gasteiger partial charge is 0.273 e. The molecule has 0 spiro atoms. The maximum atomic E-state index is 12.7. The van der Waals surface area contributed by atoms with E-state index in [2.05, 4.69) is 36.3 Å². The number of nitrogens with zero attached hydrogens (tertiary/aromatic N) is 4. The fourth-order valence-corrected chi connectivity index (χ4v) is 3.11. The number of halogens is 1. The number of aromatic nitrogens is 4. The van der Waals surface area contributed by atoms with Crippen LogP contribution in [-0.4, -0.2) is 53.3 Å². The third-order valence-electron chi connectivity index (χ3n) is 4.85. The summed E-state index contributed by atoms with van der Waals surface area (Å²) in [6.07, 6.45) is 1.58. The summed E-state index contributed by atoms with van der Waals surface area (Å²) < 4.78 is 32.8. The van der Waals surface area contributed by atoms with E-state index in [1.165, 1.54) is 13.2 Å². The van der Waals surface area contributed by atoms with Crippen molar-refractivity contribution in [3.05, 3.63) is 35.9 Å². The van der Waals surface area contributed by atoms with Crippen LogP contribution in [0.25, 0.3) is 11.4 Å². The average Bonchev–Trinajstić information content (AvgIpc) is 3.57. The number of carbonyl (C=O) groups is 2. The van der Waals surface area contributed by atoms with Crippen molar-refractivity contribution in [1.29, 1.82) is 0 Å². The van der Waals surface area contributed by atoms with E-state index >= 15 is 0 Å². The van der Waals surface area contributed by atoms with Crippen LogP contribution in [0, 0.1) is 5.92 Å². The maximum Gasteiger partial charge on any atom is 0.273 e. The first kappa shape index (κ1) is 20.8. The molecule has 3 aromatic rings. The number of carbonyl (C=O) groups excluding carboxylic acids is 2. The Morgan fingerprint density at radius 3 is 2.79 bits per heavy atom. The molecule has 0 radical (unpaired) electrons. The number of para-hydroxylation sites is 1. The predicted octanol–water partition coefficient (Wildman–Crippen LogP) is 2.13. The topological polar surface area (TPSA) is 156 Å². The van der Waals surface area contributed by atoms with Crippen molar-refractivity contribution >= 4 is 41.4 Å². The van der Waals surface area contributed by atoms with Gasteiger partial charge in [0.15, 0.2) is 17.3 Å². The summed E-state index contributed by atoms with van der Waals surface area (Å²) in [6.45, 7) is -2.36. The van der Waals surface area contributed by atoms with Crippen LogP contribution in [0.2, 0.25) is 0 Å². The molecule has 1 aliphatic carbocycles. The SMILES string of the molecule is Cl.[2H]C([2H])([2H])NC(=O)c1nnc(NC(=O)C2CC2)cc1Nc1cccc(-c2noc(CNC)n2)c1OC. The number of ether oxygens (including phenoxy) is 1. The van der Waals surface area contributed by atoms with Gasteiger partial charge in [-0.2, -0.15) is 4.98 Å². The van der Waals surface area contributed by atoms with Gasteiger partial charge in [0, 0.05) is 23.1 Å². The van der Waals surface area contributed by atoms with Gasteiger partial charge >= 0.3 is 0 Å². The molecule has 0 unspecified atom stereocenters. The van der Waals surface area contributed by atoms with Crippen molar-refractivity contribution in [2.75, 3.05) is 31.8 Å². The zero-order chi connectivity index (χ0) is 25.9. The fourth-order valence-electron chi connectivity index (χ4n) is 3.11. The largest absolute Gasteiger partial charge is 0.494 e. The predicted molar refractivity (Wildman–Crippen MR) is 126 cm³/mol. The summed E-state index contributed by atoms with van der Waals surface area (Å²) in [5, 5.41) is 22.2. The van der Waals surface area contributed by atoms with Crippen LogP contribution in [0.15, 0.2) is 28.8 Å². The number of anilines is 3. The monoisotopic (exact) mass is 491 g/mol. The zero-order valence-electron chi connectivity index (χ0n) is 21.3. The van der Waals surface area contributed by atoms with Crippen LogP contribution in [0.5, 0.6) is 5.75 Å². The molecule has 1 saturated carbocycles. The second kappa shape index (κ2) is 10.9. The van der Waals surface area contributed by atoms with Crippen molar-refractivity contribution in [1.82, 2.24) is 31.0 Å². The van der Waals surface area contributed by atoms with E-state index in [0.29, 0.717) is 29.4 Å².